The molecule has 0 saturated carbocycles. The molecule has 0 aliphatic rings. The van der Waals surface area contributed by atoms with Crippen LogP contribution in [0, 0.1) is 0 Å². The maximum atomic E-state index is 11.7. The van der Waals surface area contributed by atoms with Crippen LogP contribution in [0.15, 0.2) is 30.3 Å². The number of likely N-dealkylation sites (N-methyl/N-ethyl adjacent to an activating group) is 1. The van der Waals surface area contributed by atoms with Gasteiger partial charge >= 0.3 is 0 Å². The summed E-state index contributed by atoms with van der Waals surface area (Å²) in [6.45, 7) is 5.99. The fourth-order valence-corrected chi connectivity index (χ4v) is 1.50. The van der Waals surface area contributed by atoms with Crippen molar-refractivity contribution in [3.05, 3.63) is 35.9 Å². The lowest BCUT2D eigenvalue weighted by atomic mass is 10.0. The van der Waals surface area contributed by atoms with Gasteiger partial charge in [-0.2, -0.15) is 0 Å². The molecule has 1 amide bonds. The van der Waals surface area contributed by atoms with Crippen LogP contribution in [0.25, 0.3) is 0 Å². The molecule has 0 aliphatic heterocycles. The minimum atomic E-state index is 0.0263. The van der Waals surface area contributed by atoms with Crippen molar-refractivity contribution in [3.8, 4) is 0 Å². The standard InChI is InChI=1S/C15H25N3O/c1-15(2,18(3)4)12-16-11-14(19)17-10-13-8-6-5-7-9-13/h5-9,16H,10-12H2,1-4H3,(H,17,19). The molecular weight excluding hydrogens is 238 g/mol. The van der Waals surface area contributed by atoms with E-state index in [4.69, 9.17) is 0 Å². The minimum absolute atomic E-state index is 0.0263. The Morgan fingerprint density at radius 1 is 1.21 bits per heavy atom. The second-order valence-electron chi connectivity index (χ2n) is 5.57. The lowest BCUT2D eigenvalue weighted by Gasteiger charge is -2.32. The molecule has 0 bridgehead atoms. The lowest BCUT2D eigenvalue weighted by Crippen LogP contribution is -2.48. The number of hydrogen-bond acceptors (Lipinski definition) is 3. The van der Waals surface area contributed by atoms with Gasteiger partial charge in [0.25, 0.3) is 0 Å². The van der Waals surface area contributed by atoms with E-state index in [2.05, 4.69) is 29.4 Å². The normalized spacial score (nSPS) is 11.6. The SMILES string of the molecule is CN(C)C(C)(C)CNCC(=O)NCc1ccccc1. The van der Waals surface area contributed by atoms with Gasteiger partial charge < -0.3 is 15.5 Å². The third-order valence-corrected chi connectivity index (χ3v) is 3.39. The number of hydrogen-bond donors (Lipinski definition) is 2. The van der Waals surface area contributed by atoms with E-state index in [0.717, 1.165) is 12.1 Å². The molecular formula is C15H25N3O. The third kappa shape index (κ3) is 5.85. The summed E-state index contributed by atoms with van der Waals surface area (Å²) >= 11 is 0. The van der Waals surface area contributed by atoms with Crippen LogP contribution in [0.2, 0.25) is 0 Å². The molecule has 0 atom stereocenters. The number of benzene rings is 1. The Labute approximate surface area is 116 Å². The first kappa shape index (κ1) is 15.7. The highest BCUT2D eigenvalue weighted by molar-refractivity contribution is 5.77. The zero-order valence-corrected chi connectivity index (χ0v) is 12.4. The highest BCUT2D eigenvalue weighted by Crippen LogP contribution is 2.07. The van der Waals surface area contributed by atoms with E-state index >= 15 is 0 Å². The smallest absolute Gasteiger partial charge is 0.234 e. The van der Waals surface area contributed by atoms with Crippen molar-refractivity contribution in [2.24, 2.45) is 0 Å². The Morgan fingerprint density at radius 3 is 2.42 bits per heavy atom. The molecule has 0 aromatic heterocycles. The topological polar surface area (TPSA) is 44.4 Å². The van der Waals surface area contributed by atoms with Crippen molar-refractivity contribution >= 4 is 5.91 Å². The summed E-state index contributed by atoms with van der Waals surface area (Å²) in [5, 5.41) is 6.09. The molecule has 0 spiro atoms. The van der Waals surface area contributed by atoms with Crippen LogP contribution in [0.4, 0.5) is 0 Å². The number of amides is 1. The third-order valence-electron chi connectivity index (χ3n) is 3.39. The molecule has 4 heteroatoms. The predicted molar refractivity (Wildman–Crippen MR) is 78.9 cm³/mol. The van der Waals surface area contributed by atoms with Crippen molar-refractivity contribution in [1.82, 2.24) is 15.5 Å². The van der Waals surface area contributed by atoms with Crippen molar-refractivity contribution < 1.29 is 4.79 Å². The Kier molecular flexibility index (Phi) is 5.99. The maximum absolute atomic E-state index is 11.7. The van der Waals surface area contributed by atoms with Gasteiger partial charge in [0.15, 0.2) is 0 Å². The molecule has 1 rings (SSSR count). The molecule has 0 fully saturated rings. The maximum Gasteiger partial charge on any atom is 0.234 e. The highest BCUT2D eigenvalue weighted by atomic mass is 16.1. The second kappa shape index (κ2) is 7.26. The molecule has 19 heavy (non-hydrogen) atoms. The predicted octanol–water partition coefficient (Wildman–Crippen LogP) is 1.23. The average molecular weight is 263 g/mol. The van der Waals surface area contributed by atoms with Crippen LogP contribution in [0.1, 0.15) is 19.4 Å². The van der Waals surface area contributed by atoms with E-state index in [1.165, 1.54) is 0 Å². The molecule has 0 unspecified atom stereocenters. The summed E-state index contributed by atoms with van der Waals surface area (Å²) in [6.07, 6.45) is 0. The molecule has 0 aliphatic carbocycles. The molecule has 1 aromatic carbocycles. The van der Waals surface area contributed by atoms with Gasteiger partial charge in [-0.3, -0.25) is 4.79 Å². The summed E-state index contributed by atoms with van der Waals surface area (Å²) < 4.78 is 0. The van der Waals surface area contributed by atoms with E-state index in [1.54, 1.807) is 0 Å². The fourth-order valence-electron chi connectivity index (χ4n) is 1.50. The average Bonchev–Trinajstić information content (AvgIpc) is 2.37. The van der Waals surface area contributed by atoms with E-state index in [9.17, 15) is 4.79 Å². The summed E-state index contributed by atoms with van der Waals surface area (Å²) in [7, 11) is 4.08. The minimum Gasteiger partial charge on any atom is -0.351 e. The fraction of sp³-hybridized carbons (Fsp3) is 0.533. The molecule has 4 nitrogen and oxygen atoms in total. The first-order valence-corrected chi connectivity index (χ1v) is 6.60. The molecule has 106 valence electrons. The second-order valence-corrected chi connectivity index (χ2v) is 5.57. The quantitative estimate of drug-likeness (QED) is 0.778. The van der Waals surface area contributed by atoms with Gasteiger partial charge in [-0.1, -0.05) is 30.3 Å². The van der Waals surface area contributed by atoms with Crippen molar-refractivity contribution in [2.45, 2.75) is 25.9 Å². The lowest BCUT2D eigenvalue weighted by molar-refractivity contribution is -0.120. The van der Waals surface area contributed by atoms with Crippen LogP contribution in [0.5, 0.6) is 0 Å². The molecule has 2 N–H and O–H groups in total. The van der Waals surface area contributed by atoms with Crippen LogP contribution >= 0.6 is 0 Å². The highest BCUT2D eigenvalue weighted by Gasteiger charge is 2.19. The Balaban J connectivity index is 2.22. The molecule has 0 radical (unpaired) electrons. The summed E-state index contributed by atoms with van der Waals surface area (Å²) in [5.74, 6) is 0.0263. The molecule has 0 heterocycles. The van der Waals surface area contributed by atoms with Crippen molar-refractivity contribution in [1.29, 1.82) is 0 Å². The number of carbonyl (C=O) groups is 1. The van der Waals surface area contributed by atoms with Crippen LogP contribution < -0.4 is 10.6 Å². The van der Waals surface area contributed by atoms with Crippen molar-refractivity contribution in [3.63, 3.8) is 0 Å². The summed E-state index contributed by atoms with van der Waals surface area (Å²) in [4.78, 5) is 13.8. The zero-order valence-electron chi connectivity index (χ0n) is 12.4. The number of nitrogens with zero attached hydrogens (tertiary/aromatic N) is 1. The van der Waals surface area contributed by atoms with Crippen LogP contribution in [0.3, 0.4) is 0 Å². The van der Waals surface area contributed by atoms with E-state index < -0.39 is 0 Å². The summed E-state index contributed by atoms with van der Waals surface area (Å²) in [5.41, 5.74) is 1.16. The summed E-state index contributed by atoms with van der Waals surface area (Å²) in [6, 6.07) is 9.92. The van der Waals surface area contributed by atoms with E-state index in [1.807, 2.05) is 44.4 Å². The molecule has 1 aromatic rings. The molecule has 0 saturated heterocycles. The number of rotatable bonds is 7. The van der Waals surface area contributed by atoms with Crippen LogP contribution in [-0.4, -0.2) is 43.5 Å². The Morgan fingerprint density at radius 2 is 1.84 bits per heavy atom. The first-order chi connectivity index (χ1) is 8.92. The Bertz CT molecular complexity index is 388. The number of carbonyl (C=O) groups excluding carboxylic acids is 1. The monoisotopic (exact) mass is 263 g/mol. The van der Waals surface area contributed by atoms with E-state index in [0.29, 0.717) is 13.1 Å². The van der Waals surface area contributed by atoms with Gasteiger partial charge in [0.05, 0.1) is 6.54 Å². The van der Waals surface area contributed by atoms with Crippen LogP contribution in [-0.2, 0) is 11.3 Å². The van der Waals surface area contributed by atoms with Gasteiger partial charge in [-0.15, -0.1) is 0 Å². The largest absolute Gasteiger partial charge is 0.351 e. The van der Waals surface area contributed by atoms with Gasteiger partial charge in [0.2, 0.25) is 5.91 Å². The first-order valence-electron chi connectivity index (χ1n) is 6.60. The Hall–Kier alpha value is -1.39. The zero-order chi connectivity index (χ0) is 14.3. The number of nitrogens with one attached hydrogen (secondary N) is 2. The van der Waals surface area contributed by atoms with Gasteiger partial charge in [0, 0.05) is 18.6 Å². The van der Waals surface area contributed by atoms with Gasteiger partial charge in [0.1, 0.15) is 0 Å². The van der Waals surface area contributed by atoms with Crippen molar-refractivity contribution in [2.75, 3.05) is 27.2 Å². The van der Waals surface area contributed by atoms with Gasteiger partial charge in [-0.25, -0.2) is 0 Å². The van der Waals surface area contributed by atoms with E-state index in [-0.39, 0.29) is 11.4 Å². The van der Waals surface area contributed by atoms with Gasteiger partial charge in [-0.05, 0) is 33.5 Å².